The molecular formula is C28H32N4O5S. The summed E-state index contributed by atoms with van der Waals surface area (Å²) in [6.45, 7) is 3.31. The van der Waals surface area contributed by atoms with E-state index in [1.165, 1.54) is 6.20 Å². The van der Waals surface area contributed by atoms with Gasteiger partial charge in [-0.3, -0.25) is 9.69 Å². The maximum absolute atomic E-state index is 13.9. The molecule has 200 valence electrons. The summed E-state index contributed by atoms with van der Waals surface area (Å²) < 4.78 is 12.3. The van der Waals surface area contributed by atoms with Gasteiger partial charge in [0.05, 0.1) is 23.1 Å². The predicted molar refractivity (Wildman–Crippen MR) is 146 cm³/mol. The minimum Gasteiger partial charge on any atom is -0.449 e. The van der Waals surface area contributed by atoms with E-state index in [0.29, 0.717) is 32.0 Å². The molecule has 1 aromatic carbocycles. The summed E-state index contributed by atoms with van der Waals surface area (Å²) in [5, 5.41) is 16.2. The van der Waals surface area contributed by atoms with Crippen LogP contribution in [-0.2, 0) is 9.53 Å². The molecule has 0 atom stereocenters. The summed E-state index contributed by atoms with van der Waals surface area (Å²) in [6, 6.07) is 7.55. The van der Waals surface area contributed by atoms with Crippen molar-refractivity contribution in [1.82, 2.24) is 14.8 Å². The van der Waals surface area contributed by atoms with E-state index in [2.05, 4.69) is 11.9 Å². The van der Waals surface area contributed by atoms with Crippen molar-refractivity contribution in [2.45, 2.75) is 51.5 Å². The molecule has 5 rings (SSSR count). The number of rotatable bonds is 7. The first-order valence-corrected chi connectivity index (χ1v) is 14.0. The van der Waals surface area contributed by atoms with Crippen LogP contribution in [0.5, 0.6) is 5.75 Å². The first-order valence-electron chi connectivity index (χ1n) is 13.1. The number of carboxylic acid groups (broad SMARTS) is 1. The zero-order valence-corrected chi connectivity index (χ0v) is 22.2. The van der Waals surface area contributed by atoms with Crippen LogP contribution in [0.1, 0.15) is 56.7 Å². The molecular weight excluding hydrogens is 504 g/mol. The number of carbonyl (C=O) groups excluding carboxylic acids is 1. The number of aromatic nitrogens is 3. The van der Waals surface area contributed by atoms with Gasteiger partial charge in [0.1, 0.15) is 0 Å². The summed E-state index contributed by atoms with van der Waals surface area (Å²) in [5.41, 5.74) is 4.40. The molecule has 9 nitrogen and oxygen atoms in total. The van der Waals surface area contributed by atoms with Gasteiger partial charge >= 0.3 is 6.16 Å². The number of hydrogen-bond donors (Lipinski definition) is 1. The number of carbonyl (C=O) groups is 2. The van der Waals surface area contributed by atoms with E-state index in [1.807, 2.05) is 41.8 Å². The molecule has 1 saturated carbocycles. The molecule has 0 bridgehead atoms. The molecule has 2 aliphatic rings. The summed E-state index contributed by atoms with van der Waals surface area (Å²) in [4.78, 5) is 31.5. The number of anilines is 1. The zero-order valence-electron chi connectivity index (χ0n) is 21.4. The monoisotopic (exact) mass is 536 g/mol. The molecule has 1 N–H and O–H groups in total. The third-order valence-electron chi connectivity index (χ3n) is 7.30. The van der Waals surface area contributed by atoms with Crippen molar-refractivity contribution < 1.29 is 24.2 Å². The van der Waals surface area contributed by atoms with Gasteiger partial charge in [0.15, 0.2) is 5.75 Å². The molecule has 3 aromatic rings. The minimum absolute atomic E-state index is 0.00758. The third-order valence-corrected chi connectivity index (χ3v) is 7.91. The van der Waals surface area contributed by atoms with Gasteiger partial charge in [0.25, 0.3) is 0 Å². The van der Waals surface area contributed by atoms with Gasteiger partial charge in [-0.1, -0.05) is 25.1 Å². The fourth-order valence-corrected chi connectivity index (χ4v) is 5.66. The molecule has 0 unspecified atom stereocenters. The Morgan fingerprint density at radius 1 is 1.11 bits per heavy atom. The zero-order chi connectivity index (χ0) is 26.5. The molecule has 0 spiro atoms. The summed E-state index contributed by atoms with van der Waals surface area (Å²) >= 11 is 1.54. The largest absolute Gasteiger partial charge is 0.511 e. The average molecular weight is 537 g/mol. The molecule has 2 fully saturated rings. The van der Waals surface area contributed by atoms with Crippen molar-refractivity contribution in [2.24, 2.45) is 11.8 Å². The lowest BCUT2D eigenvalue weighted by molar-refractivity contribution is -0.124. The number of amides is 1. The maximum Gasteiger partial charge on any atom is 0.511 e. The summed E-state index contributed by atoms with van der Waals surface area (Å²) in [7, 11) is 0. The Morgan fingerprint density at radius 2 is 1.84 bits per heavy atom. The second kappa shape index (κ2) is 11.9. The van der Waals surface area contributed by atoms with E-state index >= 15 is 0 Å². The highest BCUT2D eigenvalue weighted by molar-refractivity contribution is 7.07. The standard InChI is InChI=1S/C28H32N4O5S/c1-19-2-7-21(8-3-19)27(33)32(24-12-14-36-15-13-24)26-25(37-28(34)35)16-31(30-26)23-10-5-20(6-11-23)4-9-22-17-38-18-29-22/h4-6,9-11,16-19,21,24H,2-3,7-8,12-15H2,1H3,(H,34,35)/b9-4+/t19-,21-. The Kier molecular flexibility index (Phi) is 8.19. The Hall–Kier alpha value is -3.50. The minimum atomic E-state index is -1.45. The Bertz CT molecular complexity index is 1260. The van der Waals surface area contributed by atoms with Crippen LogP contribution in [0.2, 0.25) is 0 Å². The normalized spacial score (nSPS) is 20.4. The van der Waals surface area contributed by atoms with Crippen LogP contribution < -0.4 is 9.64 Å². The Balaban J connectivity index is 1.46. The molecule has 2 aromatic heterocycles. The summed E-state index contributed by atoms with van der Waals surface area (Å²) in [5.74, 6) is 0.789. The lowest BCUT2D eigenvalue weighted by Crippen LogP contribution is -2.47. The molecule has 0 radical (unpaired) electrons. The lowest BCUT2D eigenvalue weighted by Gasteiger charge is -2.36. The van der Waals surface area contributed by atoms with Crippen LogP contribution in [0, 0.1) is 11.8 Å². The van der Waals surface area contributed by atoms with Crippen molar-refractivity contribution in [1.29, 1.82) is 0 Å². The fraction of sp³-hybridized carbons (Fsp3) is 0.429. The maximum atomic E-state index is 13.9. The Labute approximate surface area is 225 Å². The summed E-state index contributed by atoms with van der Waals surface area (Å²) in [6.07, 6.45) is 9.00. The second-order valence-corrected chi connectivity index (χ2v) is 10.7. The average Bonchev–Trinajstić information content (AvgIpc) is 3.59. The van der Waals surface area contributed by atoms with Crippen LogP contribution in [0.15, 0.2) is 41.4 Å². The molecule has 3 heterocycles. The van der Waals surface area contributed by atoms with E-state index in [-0.39, 0.29) is 29.4 Å². The first kappa shape index (κ1) is 26.1. The number of ether oxygens (including phenoxy) is 2. The first-order chi connectivity index (χ1) is 18.5. The number of hydrogen-bond acceptors (Lipinski definition) is 7. The van der Waals surface area contributed by atoms with E-state index in [0.717, 1.165) is 42.6 Å². The van der Waals surface area contributed by atoms with Crippen LogP contribution in [0.25, 0.3) is 17.8 Å². The topological polar surface area (TPSA) is 107 Å². The molecule has 10 heteroatoms. The lowest BCUT2D eigenvalue weighted by atomic mass is 9.82. The van der Waals surface area contributed by atoms with Gasteiger partial charge in [-0.25, -0.2) is 14.5 Å². The van der Waals surface area contributed by atoms with Crippen molar-refractivity contribution in [2.75, 3.05) is 18.1 Å². The van der Waals surface area contributed by atoms with Crippen molar-refractivity contribution >= 4 is 41.4 Å². The van der Waals surface area contributed by atoms with E-state index in [1.54, 1.807) is 26.4 Å². The van der Waals surface area contributed by atoms with Gasteiger partial charge in [-0.15, -0.1) is 16.4 Å². The van der Waals surface area contributed by atoms with E-state index in [9.17, 15) is 14.7 Å². The second-order valence-electron chi connectivity index (χ2n) is 9.98. The highest BCUT2D eigenvalue weighted by atomic mass is 32.1. The SMILES string of the molecule is C[C@H]1CC[C@H](C(=O)N(c2nn(-c3ccc(/C=C/c4cscn4)cc3)cc2OC(=O)O)C2CCOCC2)CC1. The highest BCUT2D eigenvalue weighted by Gasteiger charge is 2.37. The van der Waals surface area contributed by atoms with Crippen molar-refractivity contribution in [3.8, 4) is 11.4 Å². The molecule has 1 amide bonds. The predicted octanol–water partition coefficient (Wildman–Crippen LogP) is 5.89. The van der Waals surface area contributed by atoms with Gasteiger partial charge in [-0.2, -0.15) is 0 Å². The molecule has 1 aliphatic heterocycles. The quantitative estimate of drug-likeness (QED) is 0.375. The van der Waals surface area contributed by atoms with E-state index in [4.69, 9.17) is 14.6 Å². The van der Waals surface area contributed by atoms with Crippen LogP contribution >= 0.6 is 11.3 Å². The molecule has 38 heavy (non-hydrogen) atoms. The van der Waals surface area contributed by atoms with E-state index < -0.39 is 6.16 Å². The van der Waals surface area contributed by atoms with Gasteiger partial charge in [0, 0.05) is 30.6 Å². The number of thiazole rings is 1. The van der Waals surface area contributed by atoms with Crippen molar-refractivity contribution in [3.63, 3.8) is 0 Å². The van der Waals surface area contributed by atoms with Crippen LogP contribution in [0.3, 0.4) is 0 Å². The third kappa shape index (κ3) is 6.14. The highest BCUT2D eigenvalue weighted by Crippen LogP contribution is 2.37. The van der Waals surface area contributed by atoms with Gasteiger partial charge < -0.3 is 14.6 Å². The smallest absolute Gasteiger partial charge is 0.449 e. The fourth-order valence-electron chi connectivity index (χ4n) is 5.14. The van der Waals surface area contributed by atoms with Gasteiger partial charge in [-0.05, 0) is 68.2 Å². The number of benzene rings is 1. The van der Waals surface area contributed by atoms with Crippen molar-refractivity contribution in [3.05, 3.63) is 52.6 Å². The molecule has 1 saturated heterocycles. The number of nitrogens with zero attached hydrogens (tertiary/aromatic N) is 4. The van der Waals surface area contributed by atoms with Gasteiger partial charge in [0.2, 0.25) is 11.7 Å². The Morgan fingerprint density at radius 3 is 2.50 bits per heavy atom. The van der Waals surface area contributed by atoms with Crippen LogP contribution in [0.4, 0.5) is 10.6 Å². The van der Waals surface area contributed by atoms with Crippen LogP contribution in [-0.4, -0.2) is 51.2 Å². The molecule has 1 aliphatic carbocycles.